The van der Waals surface area contributed by atoms with E-state index in [0.29, 0.717) is 17.0 Å². The van der Waals surface area contributed by atoms with Gasteiger partial charge in [0.1, 0.15) is 0 Å². The molecule has 8 nitrogen and oxygen atoms in total. The van der Waals surface area contributed by atoms with Crippen LogP contribution >= 0.6 is 0 Å². The zero-order valence-electron chi connectivity index (χ0n) is 14.8. The number of non-ortho nitro benzene ring substituents is 1. The van der Waals surface area contributed by atoms with Gasteiger partial charge in [0, 0.05) is 23.5 Å². The molecular formula is C19H18N4O4. The van der Waals surface area contributed by atoms with Gasteiger partial charge in [0.05, 0.1) is 16.5 Å². The van der Waals surface area contributed by atoms with Crippen molar-refractivity contribution in [1.29, 1.82) is 0 Å². The van der Waals surface area contributed by atoms with Gasteiger partial charge in [-0.3, -0.25) is 14.9 Å². The maximum Gasteiger partial charge on any atom is 0.319 e. The maximum atomic E-state index is 12.9. The number of allylic oxidation sites excluding steroid dienone is 1. The summed E-state index contributed by atoms with van der Waals surface area (Å²) in [5, 5.41) is 18.9. The van der Waals surface area contributed by atoms with Crippen LogP contribution in [0.15, 0.2) is 59.8 Å². The first kappa shape index (κ1) is 18.1. The number of carbonyl (C=O) groups is 2. The second-order valence-electron chi connectivity index (χ2n) is 6.24. The third-order valence-electron chi connectivity index (χ3n) is 4.23. The number of hydrogen-bond donors (Lipinski definition) is 3. The molecule has 27 heavy (non-hydrogen) atoms. The molecule has 0 spiro atoms. The highest BCUT2D eigenvalue weighted by Gasteiger charge is 2.31. The maximum absolute atomic E-state index is 12.9. The zero-order chi connectivity index (χ0) is 19.6. The number of aryl methyl sites for hydroxylation is 1. The van der Waals surface area contributed by atoms with E-state index in [1.807, 2.05) is 31.2 Å². The van der Waals surface area contributed by atoms with Crippen LogP contribution < -0.4 is 16.0 Å². The molecule has 1 atom stereocenters. The minimum Gasteiger partial charge on any atom is -0.327 e. The van der Waals surface area contributed by atoms with Gasteiger partial charge in [0.15, 0.2) is 0 Å². The van der Waals surface area contributed by atoms with Crippen molar-refractivity contribution in [3.8, 4) is 0 Å². The molecule has 3 amide bonds. The lowest BCUT2D eigenvalue weighted by molar-refractivity contribution is -0.384. The van der Waals surface area contributed by atoms with Crippen molar-refractivity contribution in [2.45, 2.75) is 19.9 Å². The fourth-order valence-corrected chi connectivity index (χ4v) is 2.96. The van der Waals surface area contributed by atoms with Crippen LogP contribution in [0.3, 0.4) is 0 Å². The smallest absolute Gasteiger partial charge is 0.319 e. The lowest BCUT2D eigenvalue weighted by atomic mass is 9.94. The molecule has 138 valence electrons. The lowest BCUT2D eigenvalue weighted by Crippen LogP contribution is -2.46. The summed E-state index contributed by atoms with van der Waals surface area (Å²) >= 11 is 0. The molecule has 1 aliphatic heterocycles. The number of anilines is 1. The Hall–Kier alpha value is -3.68. The van der Waals surface area contributed by atoms with Crippen molar-refractivity contribution in [2.75, 3.05) is 5.32 Å². The summed E-state index contributed by atoms with van der Waals surface area (Å²) in [6.07, 6.45) is 0. The van der Waals surface area contributed by atoms with E-state index >= 15 is 0 Å². The van der Waals surface area contributed by atoms with Crippen LogP contribution in [0.25, 0.3) is 0 Å². The van der Waals surface area contributed by atoms with Crippen molar-refractivity contribution in [3.05, 3.63) is 81.0 Å². The third kappa shape index (κ3) is 3.95. The van der Waals surface area contributed by atoms with Gasteiger partial charge < -0.3 is 16.0 Å². The second kappa shape index (κ2) is 7.28. The number of hydrogen-bond acceptors (Lipinski definition) is 4. The zero-order valence-corrected chi connectivity index (χ0v) is 14.8. The van der Waals surface area contributed by atoms with Crippen LogP contribution in [0, 0.1) is 17.0 Å². The van der Waals surface area contributed by atoms with E-state index in [-0.39, 0.29) is 11.7 Å². The van der Waals surface area contributed by atoms with Gasteiger partial charge in [-0.15, -0.1) is 0 Å². The summed E-state index contributed by atoms with van der Waals surface area (Å²) in [4.78, 5) is 35.0. The molecule has 0 aromatic heterocycles. The highest BCUT2D eigenvalue weighted by molar-refractivity contribution is 6.06. The normalized spacial score (nSPS) is 16.4. The Morgan fingerprint density at radius 2 is 1.85 bits per heavy atom. The van der Waals surface area contributed by atoms with Gasteiger partial charge in [-0.25, -0.2) is 4.79 Å². The van der Waals surface area contributed by atoms with Crippen LogP contribution in [0.1, 0.15) is 24.1 Å². The van der Waals surface area contributed by atoms with Gasteiger partial charge in [-0.1, -0.05) is 29.8 Å². The molecule has 0 saturated heterocycles. The van der Waals surface area contributed by atoms with E-state index < -0.39 is 16.9 Å². The van der Waals surface area contributed by atoms with Crippen LogP contribution in [-0.4, -0.2) is 16.9 Å². The van der Waals surface area contributed by atoms with Crippen molar-refractivity contribution in [2.24, 2.45) is 0 Å². The van der Waals surface area contributed by atoms with Crippen LogP contribution in [-0.2, 0) is 4.79 Å². The number of nitrogens with zero attached hydrogens (tertiary/aromatic N) is 1. The average molecular weight is 366 g/mol. The first-order valence-electron chi connectivity index (χ1n) is 8.26. The van der Waals surface area contributed by atoms with Gasteiger partial charge in [0.25, 0.3) is 11.6 Å². The van der Waals surface area contributed by atoms with E-state index in [1.165, 1.54) is 24.3 Å². The molecule has 3 rings (SSSR count). The summed E-state index contributed by atoms with van der Waals surface area (Å²) < 4.78 is 0. The second-order valence-corrected chi connectivity index (χ2v) is 6.24. The van der Waals surface area contributed by atoms with Gasteiger partial charge in [0.2, 0.25) is 0 Å². The van der Waals surface area contributed by atoms with Crippen molar-refractivity contribution in [1.82, 2.24) is 10.6 Å². The average Bonchev–Trinajstić information content (AvgIpc) is 2.61. The van der Waals surface area contributed by atoms with Gasteiger partial charge >= 0.3 is 6.03 Å². The molecule has 0 saturated carbocycles. The first-order chi connectivity index (χ1) is 12.8. The summed E-state index contributed by atoms with van der Waals surface area (Å²) in [6, 6.07) is 12.1. The van der Waals surface area contributed by atoms with E-state index in [0.717, 1.165) is 11.1 Å². The molecule has 1 aliphatic rings. The summed E-state index contributed by atoms with van der Waals surface area (Å²) in [5.41, 5.74) is 2.98. The Balaban J connectivity index is 1.90. The number of amides is 3. The van der Waals surface area contributed by atoms with Gasteiger partial charge in [-0.05, 0) is 31.5 Å². The fraction of sp³-hybridized carbons (Fsp3) is 0.158. The number of rotatable bonds is 4. The van der Waals surface area contributed by atoms with Crippen LogP contribution in [0.2, 0.25) is 0 Å². The quantitative estimate of drug-likeness (QED) is 0.570. The third-order valence-corrected chi connectivity index (χ3v) is 4.23. The molecular weight excluding hydrogens is 348 g/mol. The number of nitro groups is 1. The lowest BCUT2D eigenvalue weighted by Gasteiger charge is -2.28. The molecule has 0 bridgehead atoms. The Morgan fingerprint density at radius 1 is 1.15 bits per heavy atom. The molecule has 1 heterocycles. The fourth-order valence-electron chi connectivity index (χ4n) is 2.96. The summed E-state index contributed by atoms with van der Waals surface area (Å²) in [5.74, 6) is -0.402. The molecule has 8 heteroatoms. The van der Waals surface area contributed by atoms with Crippen molar-refractivity contribution in [3.63, 3.8) is 0 Å². The van der Waals surface area contributed by atoms with E-state index in [4.69, 9.17) is 0 Å². The minimum atomic E-state index is -0.600. The molecule has 0 fully saturated rings. The van der Waals surface area contributed by atoms with E-state index in [1.54, 1.807) is 6.92 Å². The highest BCUT2D eigenvalue weighted by atomic mass is 16.6. The topological polar surface area (TPSA) is 113 Å². The van der Waals surface area contributed by atoms with E-state index in [2.05, 4.69) is 16.0 Å². The molecule has 0 unspecified atom stereocenters. The van der Waals surface area contributed by atoms with Crippen LogP contribution in [0.5, 0.6) is 0 Å². The Morgan fingerprint density at radius 3 is 2.48 bits per heavy atom. The minimum absolute atomic E-state index is 0.0624. The summed E-state index contributed by atoms with van der Waals surface area (Å²) in [6.45, 7) is 3.59. The van der Waals surface area contributed by atoms with Crippen LogP contribution in [0.4, 0.5) is 16.2 Å². The standard InChI is InChI=1S/C19H18N4O4/c1-11-4-3-5-13(10-11)17-16(12(2)20-19(25)22-17)18(24)21-14-6-8-15(9-7-14)23(26)27/h3-10,17H,1-2H3,(H,21,24)(H2,20,22,25)/t17-/m0/s1. The predicted molar refractivity (Wildman–Crippen MR) is 100 cm³/mol. The molecule has 3 N–H and O–H groups in total. The van der Waals surface area contributed by atoms with E-state index in [9.17, 15) is 19.7 Å². The number of benzene rings is 2. The number of urea groups is 1. The Bertz CT molecular complexity index is 950. The number of nitrogens with one attached hydrogen (secondary N) is 3. The molecule has 0 aliphatic carbocycles. The molecule has 0 radical (unpaired) electrons. The largest absolute Gasteiger partial charge is 0.327 e. The number of nitro benzene ring substituents is 1. The Kier molecular flexibility index (Phi) is 4.89. The summed E-state index contributed by atoms with van der Waals surface area (Å²) in [7, 11) is 0. The van der Waals surface area contributed by atoms with Gasteiger partial charge in [-0.2, -0.15) is 0 Å². The number of carbonyl (C=O) groups excluding carboxylic acids is 2. The van der Waals surface area contributed by atoms with Crippen molar-refractivity contribution < 1.29 is 14.5 Å². The molecule has 2 aromatic carbocycles. The monoisotopic (exact) mass is 366 g/mol. The SMILES string of the molecule is CC1=C(C(=O)Nc2ccc([N+](=O)[O-])cc2)[C@H](c2cccc(C)c2)NC(=O)N1. The first-order valence-corrected chi connectivity index (χ1v) is 8.26. The van der Waals surface area contributed by atoms with Crippen molar-refractivity contribution >= 4 is 23.3 Å². The highest BCUT2D eigenvalue weighted by Crippen LogP contribution is 2.28. The predicted octanol–water partition coefficient (Wildman–Crippen LogP) is 3.17. The molecule has 2 aromatic rings. The Labute approximate surface area is 155 Å².